The number of carbonyl (C=O) groups excluding carboxylic acids is 2. The van der Waals surface area contributed by atoms with Gasteiger partial charge in [-0.2, -0.15) is 0 Å². The van der Waals surface area contributed by atoms with Crippen molar-refractivity contribution < 1.29 is 9.59 Å². The van der Waals surface area contributed by atoms with Gasteiger partial charge < -0.3 is 10.2 Å². The molecule has 0 saturated heterocycles. The third-order valence-corrected chi connectivity index (χ3v) is 8.37. The second-order valence-corrected chi connectivity index (χ2v) is 11.2. The lowest BCUT2D eigenvalue weighted by molar-refractivity contribution is -0.139. The second-order valence-electron chi connectivity index (χ2n) is 9.44. The third-order valence-electron chi connectivity index (χ3n) is 6.65. The second kappa shape index (κ2) is 13.9. The molecule has 1 N–H and O–H groups in total. The van der Waals surface area contributed by atoms with Crippen molar-refractivity contribution in [2.24, 2.45) is 0 Å². The zero-order valence-electron chi connectivity index (χ0n) is 20.7. The molecule has 194 valence electrons. The minimum absolute atomic E-state index is 0.0745. The summed E-state index contributed by atoms with van der Waals surface area (Å²) in [5.41, 5.74) is 3.01. The van der Waals surface area contributed by atoms with Gasteiger partial charge in [-0.05, 0) is 41.7 Å². The molecule has 3 aromatic rings. The molecule has 4 rings (SSSR count). The molecule has 1 fully saturated rings. The van der Waals surface area contributed by atoms with Gasteiger partial charge in [-0.15, -0.1) is 11.8 Å². The zero-order valence-corrected chi connectivity index (χ0v) is 23.1. The summed E-state index contributed by atoms with van der Waals surface area (Å²) >= 11 is 14.0. The van der Waals surface area contributed by atoms with E-state index in [-0.39, 0.29) is 30.2 Å². The summed E-state index contributed by atoms with van der Waals surface area (Å²) in [6, 6.07) is 24.9. The normalized spacial score (nSPS) is 14.3. The van der Waals surface area contributed by atoms with Gasteiger partial charge in [-0.1, -0.05) is 103 Å². The van der Waals surface area contributed by atoms with Crippen LogP contribution < -0.4 is 5.32 Å². The molecule has 0 bridgehead atoms. The number of nitrogens with one attached hydrogen (secondary N) is 1. The minimum Gasteiger partial charge on any atom is -0.352 e. The number of amides is 2. The van der Waals surface area contributed by atoms with E-state index in [0.717, 1.165) is 48.1 Å². The quantitative estimate of drug-likeness (QED) is 0.279. The first-order valence-electron chi connectivity index (χ1n) is 12.7. The minimum atomic E-state index is -0.637. The van der Waals surface area contributed by atoms with Crippen LogP contribution in [-0.4, -0.2) is 34.6 Å². The van der Waals surface area contributed by atoms with E-state index in [1.165, 1.54) is 0 Å². The van der Waals surface area contributed by atoms with E-state index in [0.29, 0.717) is 16.5 Å². The number of thioether (sulfide) groups is 1. The monoisotopic (exact) mass is 554 g/mol. The molecular formula is C30H32Cl2N2O2S. The van der Waals surface area contributed by atoms with Gasteiger partial charge in [0.05, 0.1) is 15.8 Å². The smallest absolute Gasteiger partial charge is 0.243 e. The Morgan fingerprint density at radius 1 is 0.865 bits per heavy atom. The molecule has 0 aromatic heterocycles. The molecule has 0 radical (unpaired) electrons. The number of benzene rings is 3. The molecular weight excluding hydrogens is 523 g/mol. The number of carbonyl (C=O) groups is 2. The molecule has 0 unspecified atom stereocenters. The van der Waals surface area contributed by atoms with Gasteiger partial charge >= 0.3 is 0 Å². The number of hydrogen-bond acceptors (Lipinski definition) is 3. The van der Waals surface area contributed by atoms with Crippen LogP contribution in [0.5, 0.6) is 0 Å². The molecule has 2 amide bonds. The maximum Gasteiger partial charge on any atom is 0.243 e. The number of hydrogen-bond donors (Lipinski definition) is 1. The fourth-order valence-electron chi connectivity index (χ4n) is 4.67. The Hall–Kier alpha value is -2.47. The SMILES string of the molecule is O=C(NC1CCCC1)[C@@H](Cc1ccccc1)N(Cc1ccc(Cl)c(Cl)c1)C(=O)CSCc1ccccc1. The van der Waals surface area contributed by atoms with Crippen LogP contribution in [0.15, 0.2) is 78.9 Å². The van der Waals surface area contributed by atoms with Crippen LogP contribution in [0.25, 0.3) is 0 Å². The van der Waals surface area contributed by atoms with Crippen molar-refractivity contribution in [3.05, 3.63) is 106 Å². The lowest BCUT2D eigenvalue weighted by Gasteiger charge is -2.32. The van der Waals surface area contributed by atoms with Crippen LogP contribution in [0.3, 0.4) is 0 Å². The highest BCUT2D eigenvalue weighted by Crippen LogP contribution is 2.25. The third kappa shape index (κ3) is 8.26. The summed E-state index contributed by atoms with van der Waals surface area (Å²) in [6.45, 7) is 0.275. The van der Waals surface area contributed by atoms with Gasteiger partial charge in [0.25, 0.3) is 0 Å². The Balaban J connectivity index is 1.58. The first-order chi connectivity index (χ1) is 18.0. The standard InChI is InChI=1S/C30H32Cl2N2O2S/c31-26-16-15-24(17-27(26)32)19-34(29(35)21-37-20-23-11-5-2-6-12-23)28(18-22-9-3-1-4-10-22)30(36)33-25-13-7-8-14-25/h1-6,9-12,15-17,25,28H,7-8,13-14,18-21H2,(H,33,36)/t28-/m1/s1. The van der Waals surface area contributed by atoms with Crippen molar-refractivity contribution in [2.45, 2.75) is 56.5 Å². The molecule has 0 spiro atoms. The van der Waals surface area contributed by atoms with Crippen LogP contribution >= 0.6 is 35.0 Å². The highest BCUT2D eigenvalue weighted by molar-refractivity contribution is 7.99. The van der Waals surface area contributed by atoms with E-state index in [1.807, 2.05) is 54.6 Å². The van der Waals surface area contributed by atoms with Gasteiger partial charge in [0.2, 0.25) is 11.8 Å². The fraction of sp³-hybridized carbons (Fsp3) is 0.333. The van der Waals surface area contributed by atoms with Crippen LogP contribution in [0, 0.1) is 0 Å². The molecule has 0 aliphatic heterocycles. The van der Waals surface area contributed by atoms with Gasteiger partial charge in [0.15, 0.2) is 0 Å². The average Bonchev–Trinajstić information content (AvgIpc) is 3.42. The van der Waals surface area contributed by atoms with Crippen molar-refractivity contribution in [3.8, 4) is 0 Å². The molecule has 1 aliphatic rings. The van der Waals surface area contributed by atoms with Crippen LogP contribution in [0.2, 0.25) is 10.0 Å². The first kappa shape index (κ1) is 27.6. The summed E-state index contributed by atoms with van der Waals surface area (Å²) < 4.78 is 0. The van der Waals surface area contributed by atoms with Crippen molar-refractivity contribution in [1.82, 2.24) is 10.2 Å². The fourth-order valence-corrected chi connectivity index (χ4v) is 5.86. The van der Waals surface area contributed by atoms with E-state index in [4.69, 9.17) is 23.2 Å². The van der Waals surface area contributed by atoms with Crippen LogP contribution in [-0.2, 0) is 28.3 Å². The first-order valence-corrected chi connectivity index (χ1v) is 14.6. The van der Waals surface area contributed by atoms with Gasteiger partial charge in [0.1, 0.15) is 6.04 Å². The van der Waals surface area contributed by atoms with E-state index in [1.54, 1.807) is 28.8 Å². The molecule has 37 heavy (non-hydrogen) atoms. The molecule has 0 heterocycles. The summed E-state index contributed by atoms with van der Waals surface area (Å²) in [5.74, 6) is 0.829. The Labute approximate surface area is 233 Å². The Morgan fingerprint density at radius 3 is 2.16 bits per heavy atom. The molecule has 1 saturated carbocycles. The lowest BCUT2D eigenvalue weighted by Crippen LogP contribution is -2.52. The van der Waals surface area contributed by atoms with Crippen molar-refractivity contribution in [3.63, 3.8) is 0 Å². The van der Waals surface area contributed by atoms with Gasteiger partial charge in [-0.3, -0.25) is 9.59 Å². The van der Waals surface area contributed by atoms with Crippen LogP contribution in [0.4, 0.5) is 0 Å². The summed E-state index contributed by atoms with van der Waals surface area (Å²) in [5, 5.41) is 4.13. The predicted octanol–water partition coefficient (Wildman–Crippen LogP) is 6.93. The Kier molecular flexibility index (Phi) is 10.4. The van der Waals surface area contributed by atoms with E-state index in [2.05, 4.69) is 17.4 Å². The molecule has 3 aromatic carbocycles. The predicted molar refractivity (Wildman–Crippen MR) is 154 cm³/mol. The highest BCUT2D eigenvalue weighted by Gasteiger charge is 2.32. The Morgan fingerprint density at radius 2 is 1.51 bits per heavy atom. The lowest BCUT2D eigenvalue weighted by atomic mass is 10.0. The number of rotatable bonds is 11. The van der Waals surface area contributed by atoms with Crippen LogP contribution in [0.1, 0.15) is 42.4 Å². The number of nitrogens with zero attached hydrogens (tertiary/aromatic N) is 1. The maximum absolute atomic E-state index is 13.7. The molecule has 1 aliphatic carbocycles. The largest absolute Gasteiger partial charge is 0.352 e. The zero-order chi connectivity index (χ0) is 26.0. The average molecular weight is 556 g/mol. The van der Waals surface area contributed by atoms with Crippen molar-refractivity contribution in [1.29, 1.82) is 0 Å². The molecule has 7 heteroatoms. The van der Waals surface area contributed by atoms with Crippen molar-refractivity contribution in [2.75, 3.05) is 5.75 Å². The molecule has 4 nitrogen and oxygen atoms in total. The molecule has 1 atom stereocenters. The van der Waals surface area contributed by atoms with E-state index >= 15 is 0 Å². The van der Waals surface area contributed by atoms with E-state index in [9.17, 15) is 9.59 Å². The summed E-state index contributed by atoms with van der Waals surface area (Å²) in [7, 11) is 0. The summed E-state index contributed by atoms with van der Waals surface area (Å²) in [6.07, 6.45) is 4.65. The number of halogens is 2. The van der Waals surface area contributed by atoms with Gasteiger partial charge in [-0.25, -0.2) is 0 Å². The van der Waals surface area contributed by atoms with Gasteiger partial charge in [0, 0.05) is 24.8 Å². The topological polar surface area (TPSA) is 49.4 Å². The maximum atomic E-state index is 13.7. The van der Waals surface area contributed by atoms with Crippen molar-refractivity contribution >= 4 is 46.8 Å². The summed E-state index contributed by atoms with van der Waals surface area (Å²) in [4.78, 5) is 29.1. The van der Waals surface area contributed by atoms with E-state index < -0.39 is 6.04 Å². The Bertz CT molecular complexity index is 1170. The highest BCUT2D eigenvalue weighted by atomic mass is 35.5.